The number of ether oxygens (including phenoxy) is 2. The van der Waals surface area contributed by atoms with Crippen LogP contribution in [0.4, 0.5) is 5.69 Å². The largest absolute Gasteiger partial charge is 0.493 e. The molecular weight excluding hydrogens is 416 g/mol. The minimum Gasteiger partial charge on any atom is -0.493 e. The van der Waals surface area contributed by atoms with Gasteiger partial charge in [-0.25, -0.2) is 4.98 Å². The second-order valence-corrected chi connectivity index (χ2v) is 7.39. The number of rotatable bonds is 7. The molecule has 4 aromatic rings. The zero-order valence-corrected chi connectivity index (χ0v) is 18.3. The van der Waals surface area contributed by atoms with E-state index in [-0.39, 0.29) is 12.5 Å². The molecule has 0 bridgehead atoms. The van der Waals surface area contributed by atoms with Gasteiger partial charge in [0.2, 0.25) is 0 Å². The summed E-state index contributed by atoms with van der Waals surface area (Å²) in [5.74, 6) is 1.10. The summed E-state index contributed by atoms with van der Waals surface area (Å²) < 4.78 is 11.1. The van der Waals surface area contributed by atoms with Gasteiger partial charge >= 0.3 is 0 Å². The molecule has 164 valence electrons. The Morgan fingerprint density at radius 2 is 1.94 bits per heavy atom. The zero-order valence-electron chi connectivity index (χ0n) is 18.3. The average Bonchev–Trinajstić information content (AvgIpc) is 3.25. The lowest BCUT2D eigenvalue weighted by Crippen LogP contribution is -2.20. The van der Waals surface area contributed by atoms with E-state index in [9.17, 15) is 10.1 Å². The number of benzene rings is 3. The highest BCUT2D eigenvalue weighted by molar-refractivity contribution is 5.92. The summed E-state index contributed by atoms with van der Waals surface area (Å²) in [5.41, 5.74) is 4.61. The molecule has 0 aliphatic heterocycles. The molecule has 2 N–H and O–H groups in total. The number of aryl methyl sites for hydroxylation is 1. The van der Waals surface area contributed by atoms with Gasteiger partial charge in [-0.15, -0.1) is 0 Å². The number of hydrogen-bond donors (Lipinski definition) is 2. The fraction of sp³-hybridized carbons (Fsp3) is 0.115. The Morgan fingerprint density at radius 1 is 1.12 bits per heavy atom. The van der Waals surface area contributed by atoms with E-state index < -0.39 is 0 Å². The first-order valence-corrected chi connectivity index (χ1v) is 10.3. The number of imidazole rings is 1. The summed E-state index contributed by atoms with van der Waals surface area (Å²) in [7, 11) is 1.52. The van der Waals surface area contributed by atoms with E-state index in [0.29, 0.717) is 28.6 Å². The highest BCUT2D eigenvalue weighted by atomic mass is 16.5. The number of nitriles is 1. The van der Waals surface area contributed by atoms with Crippen LogP contribution in [0.3, 0.4) is 0 Å². The predicted octanol–water partition coefficient (Wildman–Crippen LogP) is 4.96. The van der Waals surface area contributed by atoms with E-state index in [2.05, 4.69) is 21.4 Å². The molecule has 7 nitrogen and oxygen atoms in total. The number of methoxy groups -OCH3 is 1. The number of carbonyl (C=O) groups excluding carboxylic acids is 1. The molecule has 0 aliphatic carbocycles. The number of nitrogens with one attached hydrogen (secondary N) is 2. The summed E-state index contributed by atoms with van der Waals surface area (Å²) in [5, 5.41) is 12.5. The van der Waals surface area contributed by atoms with Crippen LogP contribution in [0, 0.1) is 18.3 Å². The van der Waals surface area contributed by atoms with E-state index in [1.165, 1.54) is 7.11 Å². The summed E-state index contributed by atoms with van der Waals surface area (Å²) in [6.45, 7) is 1.84. The number of nitrogens with zero attached hydrogens (tertiary/aromatic N) is 2. The number of para-hydroxylation sites is 1. The number of allylic oxidation sites excluding steroid dienone is 1. The van der Waals surface area contributed by atoms with Crippen molar-refractivity contribution >= 4 is 34.3 Å². The van der Waals surface area contributed by atoms with Crippen molar-refractivity contribution in [2.24, 2.45) is 0 Å². The number of hydrogen-bond acceptors (Lipinski definition) is 5. The number of H-pyrrole nitrogens is 1. The highest BCUT2D eigenvalue weighted by Crippen LogP contribution is 2.30. The minimum atomic E-state index is -0.279. The van der Waals surface area contributed by atoms with Gasteiger partial charge < -0.3 is 19.8 Å². The Balaban J connectivity index is 1.50. The molecule has 1 heterocycles. The van der Waals surface area contributed by atoms with E-state index in [1.54, 1.807) is 36.4 Å². The molecule has 33 heavy (non-hydrogen) atoms. The maximum absolute atomic E-state index is 12.2. The van der Waals surface area contributed by atoms with Gasteiger partial charge in [-0.05, 0) is 60.5 Å². The molecule has 3 aromatic carbocycles. The van der Waals surface area contributed by atoms with Crippen LogP contribution in [0.5, 0.6) is 11.5 Å². The van der Waals surface area contributed by atoms with Crippen molar-refractivity contribution < 1.29 is 14.3 Å². The van der Waals surface area contributed by atoms with Crippen molar-refractivity contribution in [2.75, 3.05) is 19.0 Å². The van der Waals surface area contributed by atoms with Crippen LogP contribution >= 0.6 is 0 Å². The zero-order chi connectivity index (χ0) is 23.2. The summed E-state index contributed by atoms with van der Waals surface area (Å²) in [6.07, 6.45) is 1.72. The number of anilines is 1. The van der Waals surface area contributed by atoms with E-state index in [0.717, 1.165) is 22.2 Å². The molecule has 0 saturated heterocycles. The van der Waals surface area contributed by atoms with Crippen LogP contribution in [0.15, 0.2) is 66.7 Å². The third-order valence-electron chi connectivity index (χ3n) is 4.93. The Bertz CT molecular complexity index is 1370. The molecule has 0 aliphatic rings. The lowest BCUT2D eigenvalue weighted by atomic mass is 10.1. The average molecular weight is 438 g/mol. The first kappa shape index (κ1) is 21.7. The normalized spacial score (nSPS) is 11.1. The van der Waals surface area contributed by atoms with E-state index >= 15 is 0 Å². The maximum atomic E-state index is 12.2. The first-order chi connectivity index (χ1) is 16.1. The highest BCUT2D eigenvalue weighted by Gasteiger charge is 2.11. The fourth-order valence-electron chi connectivity index (χ4n) is 3.33. The van der Waals surface area contributed by atoms with E-state index in [1.807, 2.05) is 43.3 Å². The van der Waals surface area contributed by atoms with Gasteiger partial charge in [-0.2, -0.15) is 5.26 Å². The molecule has 0 unspecified atom stereocenters. The lowest BCUT2D eigenvalue weighted by Gasteiger charge is -2.11. The van der Waals surface area contributed by atoms with Crippen molar-refractivity contribution in [3.63, 3.8) is 0 Å². The minimum absolute atomic E-state index is 0.164. The molecule has 7 heteroatoms. The molecule has 1 amide bonds. The molecule has 4 rings (SSSR count). The summed E-state index contributed by atoms with van der Waals surface area (Å²) in [4.78, 5) is 19.9. The van der Waals surface area contributed by atoms with Gasteiger partial charge in [0.15, 0.2) is 18.1 Å². The Morgan fingerprint density at radius 3 is 2.70 bits per heavy atom. The Labute approximate surface area is 191 Å². The number of carbonyl (C=O) groups is 1. The van der Waals surface area contributed by atoms with Crippen LogP contribution < -0.4 is 14.8 Å². The van der Waals surface area contributed by atoms with Crippen molar-refractivity contribution in [1.82, 2.24) is 9.97 Å². The van der Waals surface area contributed by atoms with Gasteiger partial charge in [-0.3, -0.25) is 4.79 Å². The van der Waals surface area contributed by atoms with E-state index in [4.69, 9.17) is 9.47 Å². The van der Waals surface area contributed by atoms with Crippen molar-refractivity contribution in [3.8, 4) is 17.6 Å². The number of aromatic amines is 1. The Kier molecular flexibility index (Phi) is 6.37. The van der Waals surface area contributed by atoms with Crippen LogP contribution in [0.2, 0.25) is 0 Å². The third-order valence-corrected chi connectivity index (χ3v) is 4.93. The van der Waals surface area contributed by atoms with Gasteiger partial charge in [0.1, 0.15) is 11.9 Å². The maximum Gasteiger partial charge on any atom is 0.262 e. The standard InChI is InChI=1S/C26H22N4O3/c1-17-8-10-21-22(12-17)30-26(29-21)19(15-27)13-18-9-11-23(24(14-18)32-2)33-16-25(31)28-20-6-4-3-5-7-20/h3-14H,16H2,1-2H3,(H,28,31)(H,29,30). The molecular formula is C26H22N4O3. The van der Waals surface area contributed by atoms with Crippen LogP contribution in [-0.2, 0) is 4.79 Å². The smallest absolute Gasteiger partial charge is 0.262 e. The molecule has 0 saturated carbocycles. The Hall–Kier alpha value is -4.57. The van der Waals surface area contributed by atoms with Gasteiger partial charge in [0.25, 0.3) is 5.91 Å². The summed E-state index contributed by atoms with van der Waals surface area (Å²) >= 11 is 0. The SMILES string of the molecule is COc1cc(C=C(C#N)c2nc3ccc(C)cc3[nH]2)ccc1OCC(=O)Nc1ccccc1. The number of amides is 1. The van der Waals surface area contributed by atoms with Crippen molar-refractivity contribution in [1.29, 1.82) is 5.26 Å². The molecule has 0 atom stereocenters. The molecule has 0 fully saturated rings. The van der Waals surface area contributed by atoms with Gasteiger partial charge in [0.05, 0.1) is 23.7 Å². The second-order valence-electron chi connectivity index (χ2n) is 7.39. The van der Waals surface area contributed by atoms with Gasteiger partial charge in [-0.1, -0.05) is 30.3 Å². The van der Waals surface area contributed by atoms with Crippen molar-refractivity contribution in [3.05, 3.63) is 83.7 Å². The summed E-state index contributed by atoms with van der Waals surface area (Å²) in [6, 6.07) is 22.5. The molecule has 1 aromatic heterocycles. The first-order valence-electron chi connectivity index (χ1n) is 10.3. The third kappa shape index (κ3) is 5.20. The fourth-order valence-corrected chi connectivity index (χ4v) is 3.33. The number of aromatic nitrogens is 2. The van der Waals surface area contributed by atoms with Gasteiger partial charge in [0, 0.05) is 5.69 Å². The van der Waals surface area contributed by atoms with Crippen LogP contribution in [-0.4, -0.2) is 29.6 Å². The van der Waals surface area contributed by atoms with Crippen LogP contribution in [0.1, 0.15) is 17.0 Å². The monoisotopic (exact) mass is 438 g/mol. The van der Waals surface area contributed by atoms with Crippen LogP contribution in [0.25, 0.3) is 22.7 Å². The molecule has 0 spiro atoms. The predicted molar refractivity (Wildman–Crippen MR) is 128 cm³/mol. The lowest BCUT2D eigenvalue weighted by molar-refractivity contribution is -0.118. The molecule has 0 radical (unpaired) electrons. The van der Waals surface area contributed by atoms with Crippen molar-refractivity contribution in [2.45, 2.75) is 6.92 Å². The number of fused-ring (bicyclic) bond motifs is 1. The second kappa shape index (κ2) is 9.71. The topological polar surface area (TPSA) is 100 Å². The quantitative estimate of drug-likeness (QED) is 0.397.